The molecule has 0 aliphatic carbocycles. The minimum Gasteiger partial charge on any atom is -0.341 e. The van der Waals surface area contributed by atoms with Crippen molar-refractivity contribution in [2.45, 2.75) is 18.2 Å². The molecule has 1 amide bonds. The third kappa shape index (κ3) is 2.34. The molecule has 0 aromatic heterocycles. The Balaban J connectivity index is 2.33. The van der Waals surface area contributed by atoms with Crippen LogP contribution >= 0.6 is 11.6 Å². The third-order valence-electron chi connectivity index (χ3n) is 1.95. The van der Waals surface area contributed by atoms with Gasteiger partial charge in [-0.25, -0.2) is 0 Å². The Hall–Kier alpha value is -0.280. The van der Waals surface area contributed by atoms with Gasteiger partial charge in [0.15, 0.2) is 0 Å². The summed E-state index contributed by atoms with van der Waals surface area (Å²) in [5, 5.41) is 0.247. The van der Waals surface area contributed by atoms with E-state index >= 15 is 0 Å². The van der Waals surface area contributed by atoms with Crippen molar-refractivity contribution >= 4 is 17.5 Å². The highest BCUT2D eigenvalue weighted by molar-refractivity contribution is 6.20. The molecule has 0 bridgehead atoms. The average molecular weight is 177 g/mol. The van der Waals surface area contributed by atoms with Crippen LogP contribution in [0.1, 0.15) is 12.8 Å². The van der Waals surface area contributed by atoms with Gasteiger partial charge in [0, 0.05) is 18.5 Å². The van der Waals surface area contributed by atoms with E-state index in [2.05, 4.69) is 0 Å². The standard InChI is InChI=1S/C7H13ClN2O/c8-6-1-3-10(4-2-6)7(11)5-9/h6H,1-5,9H2. The van der Waals surface area contributed by atoms with Crippen LogP contribution in [-0.4, -0.2) is 35.8 Å². The van der Waals surface area contributed by atoms with E-state index in [9.17, 15) is 4.79 Å². The van der Waals surface area contributed by atoms with E-state index in [-0.39, 0.29) is 17.8 Å². The lowest BCUT2D eigenvalue weighted by Gasteiger charge is -2.28. The summed E-state index contributed by atoms with van der Waals surface area (Å²) in [5.74, 6) is 0.0357. The zero-order valence-electron chi connectivity index (χ0n) is 6.42. The van der Waals surface area contributed by atoms with Crippen molar-refractivity contribution in [1.82, 2.24) is 4.90 Å². The number of hydrogen-bond acceptors (Lipinski definition) is 2. The topological polar surface area (TPSA) is 46.3 Å². The van der Waals surface area contributed by atoms with E-state index in [1.54, 1.807) is 4.90 Å². The van der Waals surface area contributed by atoms with Crippen molar-refractivity contribution in [2.75, 3.05) is 19.6 Å². The smallest absolute Gasteiger partial charge is 0.236 e. The number of nitrogens with zero attached hydrogens (tertiary/aromatic N) is 1. The monoisotopic (exact) mass is 176 g/mol. The second kappa shape index (κ2) is 3.93. The Morgan fingerprint density at radius 3 is 2.55 bits per heavy atom. The number of piperidine rings is 1. The highest BCUT2D eigenvalue weighted by Gasteiger charge is 2.19. The van der Waals surface area contributed by atoms with Crippen LogP contribution < -0.4 is 5.73 Å². The molecule has 11 heavy (non-hydrogen) atoms. The van der Waals surface area contributed by atoms with Crippen LogP contribution in [0.25, 0.3) is 0 Å². The summed E-state index contributed by atoms with van der Waals surface area (Å²) in [6, 6.07) is 0. The first-order valence-electron chi connectivity index (χ1n) is 3.86. The van der Waals surface area contributed by atoms with Crippen molar-refractivity contribution in [2.24, 2.45) is 5.73 Å². The van der Waals surface area contributed by atoms with Gasteiger partial charge in [0.2, 0.25) is 5.91 Å². The van der Waals surface area contributed by atoms with Gasteiger partial charge < -0.3 is 10.6 Å². The highest BCUT2D eigenvalue weighted by atomic mass is 35.5. The maximum absolute atomic E-state index is 11.0. The molecule has 0 atom stereocenters. The molecular weight excluding hydrogens is 164 g/mol. The molecule has 64 valence electrons. The average Bonchev–Trinajstić information content (AvgIpc) is 2.05. The Bertz CT molecular complexity index is 143. The zero-order chi connectivity index (χ0) is 8.27. The summed E-state index contributed by atoms with van der Waals surface area (Å²) >= 11 is 5.86. The van der Waals surface area contributed by atoms with Gasteiger partial charge in [0.05, 0.1) is 6.54 Å². The molecule has 4 heteroatoms. The molecule has 1 fully saturated rings. The highest BCUT2D eigenvalue weighted by Crippen LogP contribution is 2.14. The minimum absolute atomic E-state index is 0.0357. The Labute approximate surface area is 71.5 Å². The van der Waals surface area contributed by atoms with Crippen molar-refractivity contribution in [3.05, 3.63) is 0 Å². The van der Waals surface area contributed by atoms with E-state index < -0.39 is 0 Å². The van der Waals surface area contributed by atoms with E-state index in [0.717, 1.165) is 25.9 Å². The molecule has 1 heterocycles. The third-order valence-corrected chi connectivity index (χ3v) is 2.39. The molecule has 0 aromatic carbocycles. The number of halogens is 1. The van der Waals surface area contributed by atoms with Gasteiger partial charge in [-0.1, -0.05) is 0 Å². The predicted molar refractivity (Wildman–Crippen MR) is 44.5 cm³/mol. The fourth-order valence-electron chi connectivity index (χ4n) is 1.23. The molecule has 0 unspecified atom stereocenters. The van der Waals surface area contributed by atoms with Gasteiger partial charge in [-0.2, -0.15) is 0 Å². The number of likely N-dealkylation sites (tertiary alicyclic amines) is 1. The molecule has 1 saturated heterocycles. The lowest BCUT2D eigenvalue weighted by molar-refractivity contribution is -0.130. The first-order chi connectivity index (χ1) is 5.24. The van der Waals surface area contributed by atoms with Gasteiger partial charge >= 0.3 is 0 Å². The van der Waals surface area contributed by atoms with Crippen LogP contribution in [0.4, 0.5) is 0 Å². The van der Waals surface area contributed by atoms with Gasteiger partial charge in [-0.05, 0) is 12.8 Å². The van der Waals surface area contributed by atoms with E-state index in [1.165, 1.54) is 0 Å². The number of hydrogen-bond donors (Lipinski definition) is 1. The summed E-state index contributed by atoms with van der Waals surface area (Å²) in [7, 11) is 0. The van der Waals surface area contributed by atoms with Gasteiger partial charge in [0.25, 0.3) is 0 Å². The summed E-state index contributed by atoms with van der Waals surface area (Å²) in [5.41, 5.74) is 5.21. The molecule has 0 spiro atoms. The van der Waals surface area contributed by atoms with Gasteiger partial charge in [-0.15, -0.1) is 11.6 Å². The summed E-state index contributed by atoms with van der Waals surface area (Å²) in [4.78, 5) is 12.8. The van der Waals surface area contributed by atoms with Crippen LogP contribution in [0.2, 0.25) is 0 Å². The van der Waals surface area contributed by atoms with Crippen LogP contribution in [-0.2, 0) is 4.79 Å². The predicted octanol–water partition coefficient (Wildman–Crippen LogP) is 0.175. The molecule has 1 aliphatic heterocycles. The first-order valence-corrected chi connectivity index (χ1v) is 4.29. The molecule has 1 rings (SSSR count). The van der Waals surface area contributed by atoms with E-state index in [4.69, 9.17) is 17.3 Å². The second-order valence-corrected chi connectivity index (χ2v) is 3.38. The molecule has 2 N–H and O–H groups in total. The second-order valence-electron chi connectivity index (χ2n) is 2.76. The van der Waals surface area contributed by atoms with E-state index in [0.29, 0.717) is 0 Å². The molecule has 0 aromatic rings. The maximum atomic E-state index is 11.0. The fourth-order valence-corrected chi connectivity index (χ4v) is 1.42. The number of nitrogens with two attached hydrogens (primary N) is 1. The van der Waals surface area contributed by atoms with Crippen molar-refractivity contribution in [1.29, 1.82) is 0 Å². The molecular formula is C7H13ClN2O. The lowest BCUT2D eigenvalue weighted by Crippen LogP contribution is -2.41. The fraction of sp³-hybridized carbons (Fsp3) is 0.857. The largest absolute Gasteiger partial charge is 0.341 e. The van der Waals surface area contributed by atoms with E-state index in [1.807, 2.05) is 0 Å². The first kappa shape index (κ1) is 8.81. The SMILES string of the molecule is NCC(=O)N1CCC(Cl)CC1. The molecule has 3 nitrogen and oxygen atoms in total. The number of alkyl halides is 1. The quantitative estimate of drug-likeness (QED) is 0.580. The Kier molecular flexibility index (Phi) is 3.15. The lowest BCUT2D eigenvalue weighted by atomic mass is 10.1. The van der Waals surface area contributed by atoms with Crippen molar-refractivity contribution in [3.63, 3.8) is 0 Å². The summed E-state index contributed by atoms with van der Waals surface area (Å²) in [6.07, 6.45) is 1.79. The van der Waals surface area contributed by atoms with Crippen LogP contribution in [0.15, 0.2) is 0 Å². The van der Waals surface area contributed by atoms with Crippen LogP contribution in [0, 0.1) is 0 Å². The number of rotatable bonds is 1. The van der Waals surface area contributed by atoms with Gasteiger partial charge in [0.1, 0.15) is 0 Å². The number of carbonyl (C=O) groups is 1. The molecule has 0 saturated carbocycles. The van der Waals surface area contributed by atoms with Crippen molar-refractivity contribution < 1.29 is 4.79 Å². The summed E-state index contributed by atoms with van der Waals surface area (Å²) < 4.78 is 0. The summed E-state index contributed by atoms with van der Waals surface area (Å²) in [6.45, 7) is 1.65. The van der Waals surface area contributed by atoms with Crippen LogP contribution in [0.5, 0.6) is 0 Å². The normalized spacial score (nSPS) is 20.4. The number of carbonyl (C=O) groups excluding carboxylic acids is 1. The number of amides is 1. The van der Waals surface area contributed by atoms with Crippen molar-refractivity contribution in [3.8, 4) is 0 Å². The minimum atomic E-state index is 0.0357. The van der Waals surface area contributed by atoms with Crippen LogP contribution in [0.3, 0.4) is 0 Å². The van der Waals surface area contributed by atoms with Gasteiger partial charge in [-0.3, -0.25) is 4.79 Å². The maximum Gasteiger partial charge on any atom is 0.236 e. The molecule has 1 aliphatic rings. The molecule has 0 radical (unpaired) electrons. The zero-order valence-corrected chi connectivity index (χ0v) is 7.18. The Morgan fingerprint density at radius 2 is 2.09 bits per heavy atom. The Morgan fingerprint density at radius 1 is 1.55 bits per heavy atom.